The summed E-state index contributed by atoms with van der Waals surface area (Å²) in [6, 6.07) is 11.7. The number of carbonyl (C=O) groups is 1. The molecule has 0 bridgehead atoms. The fraction of sp³-hybridized carbons (Fsp3) is 0.474. The van der Waals surface area contributed by atoms with E-state index < -0.39 is 0 Å². The third kappa shape index (κ3) is 3.98. The predicted molar refractivity (Wildman–Crippen MR) is 88.3 cm³/mol. The second kappa shape index (κ2) is 7.79. The first-order chi connectivity index (χ1) is 10.7. The SMILES string of the molecule is C=CC[C@]1(CCCC#N)CCCN(C(=O)c2ccccc2)C1. The lowest BCUT2D eigenvalue weighted by Gasteiger charge is -2.43. The second-order valence-corrected chi connectivity index (χ2v) is 6.20. The van der Waals surface area contributed by atoms with Crippen LogP contribution in [0, 0.1) is 16.7 Å². The molecule has 22 heavy (non-hydrogen) atoms. The maximum atomic E-state index is 12.7. The average molecular weight is 296 g/mol. The largest absolute Gasteiger partial charge is 0.338 e. The monoisotopic (exact) mass is 296 g/mol. The number of allylic oxidation sites excluding steroid dienone is 1. The molecule has 1 aliphatic rings. The Kier molecular flexibility index (Phi) is 5.77. The van der Waals surface area contributed by atoms with Gasteiger partial charge in [-0.25, -0.2) is 0 Å². The molecule has 0 unspecified atom stereocenters. The quantitative estimate of drug-likeness (QED) is 0.584. The minimum Gasteiger partial charge on any atom is -0.338 e. The summed E-state index contributed by atoms with van der Waals surface area (Å²) in [6.45, 7) is 5.49. The lowest BCUT2D eigenvalue weighted by molar-refractivity contribution is 0.0488. The van der Waals surface area contributed by atoms with E-state index in [0.717, 1.165) is 50.8 Å². The van der Waals surface area contributed by atoms with Crippen molar-refractivity contribution in [2.75, 3.05) is 13.1 Å². The van der Waals surface area contributed by atoms with Crippen molar-refractivity contribution in [2.24, 2.45) is 5.41 Å². The molecule has 1 saturated heterocycles. The topological polar surface area (TPSA) is 44.1 Å². The Bertz CT molecular complexity index is 546. The van der Waals surface area contributed by atoms with Gasteiger partial charge >= 0.3 is 0 Å². The Hall–Kier alpha value is -2.08. The van der Waals surface area contributed by atoms with E-state index >= 15 is 0 Å². The maximum Gasteiger partial charge on any atom is 0.253 e. The summed E-state index contributed by atoms with van der Waals surface area (Å²) in [4.78, 5) is 14.7. The highest BCUT2D eigenvalue weighted by Gasteiger charge is 2.35. The number of carbonyl (C=O) groups excluding carboxylic acids is 1. The summed E-state index contributed by atoms with van der Waals surface area (Å²) < 4.78 is 0. The molecule has 1 amide bonds. The van der Waals surface area contributed by atoms with E-state index in [4.69, 9.17) is 5.26 Å². The van der Waals surface area contributed by atoms with Crippen molar-refractivity contribution in [2.45, 2.75) is 38.5 Å². The zero-order chi connectivity index (χ0) is 15.8. The van der Waals surface area contributed by atoms with Gasteiger partial charge in [0, 0.05) is 25.1 Å². The molecule has 1 aromatic carbocycles. The number of hydrogen-bond acceptors (Lipinski definition) is 2. The molecule has 0 aliphatic carbocycles. The third-order valence-corrected chi connectivity index (χ3v) is 4.54. The zero-order valence-electron chi connectivity index (χ0n) is 13.1. The number of rotatable bonds is 6. The Morgan fingerprint density at radius 3 is 2.86 bits per heavy atom. The molecule has 1 aromatic rings. The molecule has 2 rings (SSSR count). The van der Waals surface area contributed by atoms with Gasteiger partial charge in [0.15, 0.2) is 0 Å². The summed E-state index contributed by atoms with van der Waals surface area (Å²) in [5.41, 5.74) is 0.857. The molecule has 1 aliphatic heterocycles. The molecule has 1 fully saturated rings. The van der Waals surface area contributed by atoms with Gasteiger partial charge in [-0.05, 0) is 49.7 Å². The molecule has 116 valence electrons. The van der Waals surface area contributed by atoms with E-state index in [-0.39, 0.29) is 11.3 Å². The fourth-order valence-corrected chi connectivity index (χ4v) is 3.47. The van der Waals surface area contributed by atoms with Gasteiger partial charge < -0.3 is 4.90 Å². The Morgan fingerprint density at radius 1 is 1.41 bits per heavy atom. The first-order valence-electron chi connectivity index (χ1n) is 8.03. The van der Waals surface area contributed by atoms with Crippen LogP contribution >= 0.6 is 0 Å². The molecule has 0 N–H and O–H groups in total. The standard InChI is InChI=1S/C19H24N2O/c1-2-11-19(12-6-7-14-20)13-8-15-21(16-19)18(22)17-9-4-3-5-10-17/h2-5,9-10H,1,6-8,11-13,15-16H2/t19-/m0/s1. The highest BCUT2D eigenvalue weighted by Crippen LogP contribution is 2.39. The molecular weight excluding hydrogens is 272 g/mol. The van der Waals surface area contributed by atoms with E-state index in [2.05, 4.69) is 12.6 Å². The molecular formula is C19H24N2O. The molecule has 3 heteroatoms. The first kappa shape index (κ1) is 16.3. The van der Waals surface area contributed by atoms with E-state index in [1.165, 1.54) is 0 Å². The maximum absolute atomic E-state index is 12.7. The number of nitrogens with zero attached hydrogens (tertiary/aromatic N) is 2. The van der Waals surface area contributed by atoms with Crippen LogP contribution in [0.5, 0.6) is 0 Å². The van der Waals surface area contributed by atoms with Crippen LogP contribution in [-0.2, 0) is 0 Å². The van der Waals surface area contributed by atoms with Gasteiger partial charge in [-0.3, -0.25) is 4.79 Å². The number of amides is 1. The summed E-state index contributed by atoms with van der Waals surface area (Å²) >= 11 is 0. The van der Waals surface area contributed by atoms with Crippen LogP contribution in [0.1, 0.15) is 48.9 Å². The Labute approximate surface area is 133 Å². The van der Waals surface area contributed by atoms with Crippen molar-refractivity contribution in [3.63, 3.8) is 0 Å². The second-order valence-electron chi connectivity index (χ2n) is 6.20. The number of piperidine rings is 1. The zero-order valence-corrected chi connectivity index (χ0v) is 13.1. The van der Waals surface area contributed by atoms with Gasteiger partial charge in [0.25, 0.3) is 5.91 Å². The van der Waals surface area contributed by atoms with E-state index in [0.29, 0.717) is 6.42 Å². The lowest BCUT2D eigenvalue weighted by atomic mass is 9.73. The summed E-state index contributed by atoms with van der Waals surface area (Å²) in [5, 5.41) is 8.76. The van der Waals surface area contributed by atoms with Crippen LogP contribution < -0.4 is 0 Å². The highest BCUT2D eigenvalue weighted by atomic mass is 16.2. The summed E-state index contributed by atoms with van der Waals surface area (Å²) in [5.74, 6) is 0.119. The minimum absolute atomic E-state index is 0.0985. The Morgan fingerprint density at radius 2 is 2.18 bits per heavy atom. The van der Waals surface area contributed by atoms with Crippen molar-refractivity contribution < 1.29 is 4.79 Å². The minimum atomic E-state index is 0.0985. The van der Waals surface area contributed by atoms with Crippen molar-refractivity contribution in [1.82, 2.24) is 4.90 Å². The average Bonchev–Trinajstić information content (AvgIpc) is 2.56. The molecule has 1 atom stereocenters. The van der Waals surface area contributed by atoms with Crippen molar-refractivity contribution >= 4 is 5.91 Å². The number of likely N-dealkylation sites (tertiary alicyclic amines) is 1. The van der Waals surface area contributed by atoms with Crippen LogP contribution in [0.3, 0.4) is 0 Å². The smallest absolute Gasteiger partial charge is 0.253 e. The molecule has 3 nitrogen and oxygen atoms in total. The van der Waals surface area contributed by atoms with Gasteiger partial charge in [-0.1, -0.05) is 24.3 Å². The van der Waals surface area contributed by atoms with Gasteiger partial charge in [0.2, 0.25) is 0 Å². The van der Waals surface area contributed by atoms with E-state index in [1.807, 2.05) is 41.3 Å². The van der Waals surface area contributed by atoms with Crippen LogP contribution in [0.15, 0.2) is 43.0 Å². The Balaban J connectivity index is 2.09. The van der Waals surface area contributed by atoms with Crippen LogP contribution in [0.4, 0.5) is 0 Å². The number of hydrogen-bond donors (Lipinski definition) is 0. The molecule has 0 spiro atoms. The van der Waals surface area contributed by atoms with E-state index in [1.54, 1.807) is 0 Å². The predicted octanol–water partition coefficient (Wildman–Crippen LogP) is 4.18. The van der Waals surface area contributed by atoms with Gasteiger partial charge in [-0.15, -0.1) is 6.58 Å². The van der Waals surface area contributed by atoms with Crippen LogP contribution in [0.25, 0.3) is 0 Å². The van der Waals surface area contributed by atoms with Crippen molar-refractivity contribution in [3.8, 4) is 6.07 Å². The lowest BCUT2D eigenvalue weighted by Crippen LogP contribution is -2.46. The van der Waals surface area contributed by atoms with Gasteiger partial charge in [0.1, 0.15) is 0 Å². The number of unbranched alkanes of at least 4 members (excludes halogenated alkanes) is 1. The van der Waals surface area contributed by atoms with Crippen molar-refractivity contribution in [1.29, 1.82) is 5.26 Å². The molecule has 1 heterocycles. The van der Waals surface area contributed by atoms with Crippen molar-refractivity contribution in [3.05, 3.63) is 48.6 Å². The third-order valence-electron chi connectivity index (χ3n) is 4.54. The normalized spacial score (nSPS) is 21.1. The van der Waals surface area contributed by atoms with E-state index in [9.17, 15) is 4.79 Å². The summed E-state index contributed by atoms with van der Waals surface area (Å²) in [6.07, 6.45) is 7.50. The molecule has 0 saturated carbocycles. The summed E-state index contributed by atoms with van der Waals surface area (Å²) in [7, 11) is 0. The van der Waals surface area contributed by atoms with Crippen LogP contribution in [-0.4, -0.2) is 23.9 Å². The van der Waals surface area contributed by atoms with Gasteiger partial charge in [0.05, 0.1) is 6.07 Å². The number of nitriles is 1. The molecule has 0 aromatic heterocycles. The highest BCUT2D eigenvalue weighted by molar-refractivity contribution is 5.94. The fourth-order valence-electron chi connectivity index (χ4n) is 3.47. The molecule has 0 radical (unpaired) electrons. The first-order valence-corrected chi connectivity index (χ1v) is 8.03. The van der Waals surface area contributed by atoms with Gasteiger partial charge in [-0.2, -0.15) is 5.26 Å². The van der Waals surface area contributed by atoms with Crippen LogP contribution in [0.2, 0.25) is 0 Å². The number of benzene rings is 1.